The van der Waals surface area contributed by atoms with E-state index >= 15 is 0 Å². The van der Waals surface area contributed by atoms with Gasteiger partial charge in [0.1, 0.15) is 11.9 Å². The second-order valence-corrected chi connectivity index (χ2v) is 2.60. The lowest BCUT2D eigenvalue weighted by Crippen LogP contribution is -1.85. The Bertz CT molecular complexity index is 328. The highest BCUT2D eigenvalue weighted by molar-refractivity contribution is 6.31. The molecule has 0 saturated carbocycles. The average molecular weight is 200 g/mol. The monoisotopic (exact) mass is 199 g/mol. The number of aryl methyl sites for hydroxylation is 1. The number of halogens is 2. The largest absolute Gasteiger partial charge is 0.206 e. The number of hydrogen-bond acceptors (Lipinski definition) is 1. The van der Waals surface area contributed by atoms with Gasteiger partial charge in [0.25, 0.3) is 0 Å². The minimum Gasteiger partial charge on any atom is -0.206 e. The first-order valence-corrected chi connectivity index (χ1v) is 4.38. The van der Waals surface area contributed by atoms with Crippen LogP contribution in [0.15, 0.2) is 12.1 Å². The molecule has 0 unspecified atom stereocenters. The number of nitrogens with zero attached hydrogens (tertiary/aromatic N) is 1. The van der Waals surface area contributed by atoms with E-state index < -0.39 is 5.82 Å². The summed E-state index contributed by atoms with van der Waals surface area (Å²) in [5.74, 6) is -0.519. The van der Waals surface area contributed by atoms with Crippen molar-refractivity contribution in [3.8, 4) is 6.07 Å². The summed E-state index contributed by atoms with van der Waals surface area (Å²) < 4.78 is 12.7. The molecule has 1 aromatic rings. The van der Waals surface area contributed by atoms with Crippen LogP contribution >= 0.6 is 11.6 Å². The first-order chi connectivity index (χ1) is 6.15. The van der Waals surface area contributed by atoms with E-state index in [4.69, 9.17) is 16.9 Å². The minimum atomic E-state index is -0.519. The first-order valence-electron chi connectivity index (χ1n) is 4.01. The van der Waals surface area contributed by atoms with Crippen LogP contribution < -0.4 is 0 Å². The molecule has 0 amide bonds. The van der Waals surface area contributed by atoms with Crippen LogP contribution in [0.25, 0.3) is 0 Å². The maximum absolute atomic E-state index is 12.7. The maximum atomic E-state index is 12.7. The summed E-state index contributed by atoms with van der Waals surface area (Å²) in [6.07, 6.45) is 0. The van der Waals surface area contributed by atoms with Crippen LogP contribution in [0.5, 0.6) is 0 Å². The zero-order valence-corrected chi connectivity index (χ0v) is 8.61. The van der Waals surface area contributed by atoms with E-state index in [1.54, 1.807) is 13.0 Å². The summed E-state index contributed by atoms with van der Waals surface area (Å²) in [5.41, 5.74) is 0.628. The zero-order valence-electron chi connectivity index (χ0n) is 7.86. The SMILES string of the molecule is CC.Cc1cc(F)c(C#N)cc1Cl. The van der Waals surface area contributed by atoms with E-state index in [0.29, 0.717) is 10.6 Å². The molecule has 0 aliphatic carbocycles. The second kappa shape index (κ2) is 5.55. The topological polar surface area (TPSA) is 23.8 Å². The molecule has 0 radical (unpaired) electrons. The average Bonchev–Trinajstić information content (AvgIpc) is 2.15. The zero-order chi connectivity index (χ0) is 10.4. The fourth-order valence-electron chi connectivity index (χ4n) is 0.732. The highest BCUT2D eigenvalue weighted by Gasteiger charge is 2.03. The lowest BCUT2D eigenvalue weighted by atomic mass is 10.1. The number of nitriles is 1. The molecule has 1 rings (SSSR count). The first kappa shape index (κ1) is 11.9. The van der Waals surface area contributed by atoms with Crippen LogP contribution in [-0.2, 0) is 0 Å². The molecule has 0 aliphatic heterocycles. The number of hydrogen-bond donors (Lipinski definition) is 0. The van der Waals surface area contributed by atoms with Crippen LogP contribution in [-0.4, -0.2) is 0 Å². The van der Waals surface area contributed by atoms with E-state index in [1.165, 1.54) is 12.1 Å². The molecule has 0 fully saturated rings. The lowest BCUT2D eigenvalue weighted by molar-refractivity contribution is 0.623. The molecule has 3 heteroatoms. The Morgan fingerprint density at radius 1 is 1.38 bits per heavy atom. The highest BCUT2D eigenvalue weighted by atomic mass is 35.5. The van der Waals surface area contributed by atoms with Crippen molar-refractivity contribution in [1.29, 1.82) is 5.26 Å². The fourth-order valence-corrected chi connectivity index (χ4v) is 0.896. The third kappa shape index (κ3) is 3.04. The van der Waals surface area contributed by atoms with Gasteiger partial charge in [-0.3, -0.25) is 0 Å². The molecule has 0 N–H and O–H groups in total. The maximum Gasteiger partial charge on any atom is 0.141 e. The quantitative estimate of drug-likeness (QED) is 0.625. The molecule has 1 aromatic carbocycles. The third-order valence-electron chi connectivity index (χ3n) is 1.37. The van der Waals surface area contributed by atoms with Crippen LogP contribution in [0.2, 0.25) is 5.02 Å². The molecule has 0 aromatic heterocycles. The molecule has 0 heterocycles. The summed E-state index contributed by atoms with van der Waals surface area (Å²) in [7, 11) is 0. The Kier molecular flexibility index (Phi) is 5.10. The smallest absolute Gasteiger partial charge is 0.141 e. The summed E-state index contributed by atoms with van der Waals surface area (Å²) in [6, 6.07) is 4.28. The van der Waals surface area contributed by atoms with Gasteiger partial charge in [0.2, 0.25) is 0 Å². The van der Waals surface area contributed by atoms with Gasteiger partial charge in [-0.05, 0) is 24.6 Å². The van der Waals surface area contributed by atoms with E-state index in [2.05, 4.69) is 0 Å². The van der Waals surface area contributed by atoms with Crippen molar-refractivity contribution in [2.24, 2.45) is 0 Å². The number of benzene rings is 1. The van der Waals surface area contributed by atoms with Crippen LogP contribution in [0.3, 0.4) is 0 Å². The molecule has 1 nitrogen and oxygen atoms in total. The molecule has 0 atom stereocenters. The number of rotatable bonds is 0. The molecule has 0 spiro atoms. The van der Waals surface area contributed by atoms with Crippen molar-refractivity contribution in [2.75, 3.05) is 0 Å². The minimum absolute atomic E-state index is 0.0133. The van der Waals surface area contributed by atoms with Gasteiger partial charge in [-0.15, -0.1) is 0 Å². The van der Waals surface area contributed by atoms with Gasteiger partial charge in [-0.1, -0.05) is 25.4 Å². The summed E-state index contributed by atoms with van der Waals surface area (Å²) in [4.78, 5) is 0. The third-order valence-corrected chi connectivity index (χ3v) is 1.78. The van der Waals surface area contributed by atoms with E-state index in [9.17, 15) is 4.39 Å². The van der Waals surface area contributed by atoms with E-state index in [0.717, 1.165) is 0 Å². The Hall–Kier alpha value is -1.07. The fraction of sp³-hybridized carbons (Fsp3) is 0.300. The molecular formula is C10H11ClFN. The molecule has 13 heavy (non-hydrogen) atoms. The molecule has 70 valence electrons. The van der Waals surface area contributed by atoms with E-state index in [1.807, 2.05) is 13.8 Å². The van der Waals surface area contributed by atoms with Gasteiger partial charge in [-0.25, -0.2) is 4.39 Å². The van der Waals surface area contributed by atoms with Crippen molar-refractivity contribution in [3.05, 3.63) is 34.1 Å². The van der Waals surface area contributed by atoms with Crippen LogP contribution in [0.4, 0.5) is 4.39 Å². The van der Waals surface area contributed by atoms with Crippen LogP contribution in [0.1, 0.15) is 25.0 Å². The Balaban J connectivity index is 0.000000671. The van der Waals surface area contributed by atoms with Gasteiger partial charge in [0, 0.05) is 5.02 Å². The van der Waals surface area contributed by atoms with Crippen molar-refractivity contribution < 1.29 is 4.39 Å². The molecule has 0 saturated heterocycles. The molecule has 0 aliphatic rings. The Morgan fingerprint density at radius 3 is 2.38 bits per heavy atom. The van der Waals surface area contributed by atoms with Crippen molar-refractivity contribution in [3.63, 3.8) is 0 Å². The van der Waals surface area contributed by atoms with Crippen LogP contribution in [0, 0.1) is 24.1 Å². The second-order valence-electron chi connectivity index (χ2n) is 2.19. The summed E-state index contributed by atoms with van der Waals surface area (Å²) in [6.45, 7) is 5.69. The molecule has 0 bridgehead atoms. The van der Waals surface area contributed by atoms with Gasteiger partial charge in [0.05, 0.1) is 5.56 Å². The van der Waals surface area contributed by atoms with Gasteiger partial charge in [-0.2, -0.15) is 5.26 Å². The summed E-state index contributed by atoms with van der Waals surface area (Å²) in [5, 5.41) is 8.80. The lowest BCUT2D eigenvalue weighted by Gasteiger charge is -1.97. The van der Waals surface area contributed by atoms with Gasteiger partial charge in [0.15, 0.2) is 0 Å². The predicted molar refractivity (Wildman–Crippen MR) is 52.2 cm³/mol. The van der Waals surface area contributed by atoms with Gasteiger partial charge < -0.3 is 0 Å². The standard InChI is InChI=1S/C8H5ClFN.C2H6/c1-5-2-8(10)6(4-11)3-7(5)9;1-2/h2-3H,1H3;1-2H3. The Labute approximate surface area is 82.8 Å². The van der Waals surface area contributed by atoms with Gasteiger partial charge >= 0.3 is 0 Å². The Morgan fingerprint density at radius 2 is 1.92 bits per heavy atom. The van der Waals surface area contributed by atoms with E-state index in [-0.39, 0.29) is 5.56 Å². The highest BCUT2D eigenvalue weighted by Crippen LogP contribution is 2.18. The normalized spacial score (nSPS) is 8.31. The van der Waals surface area contributed by atoms with Crippen molar-refractivity contribution >= 4 is 11.6 Å². The van der Waals surface area contributed by atoms with Crippen molar-refractivity contribution in [1.82, 2.24) is 0 Å². The molecular weight excluding hydrogens is 189 g/mol. The van der Waals surface area contributed by atoms with Crippen molar-refractivity contribution in [2.45, 2.75) is 20.8 Å². The predicted octanol–water partition coefficient (Wildman–Crippen LogP) is 3.69. The summed E-state index contributed by atoms with van der Waals surface area (Å²) >= 11 is 5.65.